The Morgan fingerprint density at radius 1 is 1.24 bits per heavy atom. The van der Waals surface area contributed by atoms with Crippen molar-refractivity contribution in [2.75, 3.05) is 27.2 Å². The maximum atomic E-state index is 13.5. The summed E-state index contributed by atoms with van der Waals surface area (Å²) in [5, 5.41) is 1.05. The van der Waals surface area contributed by atoms with E-state index in [1.165, 1.54) is 30.7 Å². The molecule has 0 bridgehead atoms. The van der Waals surface area contributed by atoms with Crippen LogP contribution in [0.15, 0.2) is 36.5 Å². The van der Waals surface area contributed by atoms with Crippen LogP contribution in [0.25, 0.3) is 22.2 Å². The Balaban J connectivity index is 1.81. The number of hydrogen-bond donors (Lipinski definition) is 1. The summed E-state index contributed by atoms with van der Waals surface area (Å²) in [6, 6.07) is 8.82. The van der Waals surface area contributed by atoms with Gasteiger partial charge in [0.25, 0.3) is 0 Å². The first-order chi connectivity index (χ1) is 12.2. The number of benzene rings is 1. The Hall–Kier alpha value is -2.40. The molecule has 4 nitrogen and oxygen atoms in total. The molecule has 0 saturated carbocycles. The number of aromatic amines is 1. The van der Waals surface area contributed by atoms with Crippen molar-refractivity contribution in [3.05, 3.63) is 48.0 Å². The van der Waals surface area contributed by atoms with Gasteiger partial charge >= 0.3 is 0 Å². The van der Waals surface area contributed by atoms with Crippen molar-refractivity contribution in [2.45, 2.75) is 18.8 Å². The van der Waals surface area contributed by atoms with E-state index in [2.05, 4.69) is 28.0 Å². The van der Waals surface area contributed by atoms with E-state index in [1.54, 1.807) is 19.4 Å². The number of fused-ring (bicyclic) bond motifs is 1. The van der Waals surface area contributed by atoms with Crippen LogP contribution >= 0.6 is 0 Å². The highest BCUT2D eigenvalue weighted by atomic mass is 19.1. The number of methoxy groups -OCH3 is 1. The van der Waals surface area contributed by atoms with E-state index in [0.29, 0.717) is 11.7 Å². The molecule has 5 heteroatoms. The van der Waals surface area contributed by atoms with Gasteiger partial charge < -0.3 is 14.6 Å². The number of ether oxygens (including phenoxy) is 1. The molecule has 0 spiro atoms. The molecule has 1 saturated heterocycles. The fourth-order valence-corrected chi connectivity index (χ4v) is 3.81. The summed E-state index contributed by atoms with van der Waals surface area (Å²) in [6.45, 7) is 2.22. The average molecular weight is 339 g/mol. The number of halogens is 1. The Morgan fingerprint density at radius 3 is 2.92 bits per heavy atom. The fourth-order valence-electron chi connectivity index (χ4n) is 3.81. The van der Waals surface area contributed by atoms with Gasteiger partial charge in [0.05, 0.1) is 7.11 Å². The summed E-state index contributed by atoms with van der Waals surface area (Å²) >= 11 is 0. The number of pyridine rings is 1. The van der Waals surface area contributed by atoms with E-state index >= 15 is 0 Å². The molecule has 0 amide bonds. The van der Waals surface area contributed by atoms with Gasteiger partial charge in [0.2, 0.25) is 0 Å². The van der Waals surface area contributed by atoms with Crippen LogP contribution in [0.1, 0.15) is 24.5 Å². The normalized spacial score (nSPS) is 18.6. The predicted octanol–water partition coefficient (Wildman–Crippen LogP) is 4.19. The molecule has 1 aliphatic heterocycles. The molecule has 4 rings (SSSR count). The third-order valence-corrected chi connectivity index (χ3v) is 5.07. The number of H-pyrrole nitrogens is 1. The zero-order valence-electron chi connectivity index (χ0n) is 14.6. The monoisotopic (exact) mass is 339 g/mol. The minimum atomic E-state index is -0.300. The molecule has 1 atom stereocenters. The van der Waals surface area contributed by atoms with Crippen LogP contribution in [0.5, 0.6) is 5.75 Å². The molecular weight excluding hydrogens is 317 g/mol. The topological polar surface area (TPSA) is 41.1 Å². The number of aromatic nitrogens is 2. The van der Waals surface area contributed by atoms with E-state index in [4.69, 9.17) is 4.74 Å². The lowest BCUT2D eigenvalue weighted by Gasteiger charge is -2.28. The largest absolute Gasteiger partial charge is 0.496 e. The zero-order valence-corrected chi connectivity index (χ0v) is 14.6. The number of hydrogen-bond acceptors (Lipinski definition) is 3. The second-order valence-electron chi connectivity index (χ2n) is 6.79. The maximum absolute atomic E-state index is 13.5. The molecule has 3 heterocycles. The Labute approximate surface area is 146 Å². The summed E-state index contributed by atoms with van der Waals surface area (Å²) in [5.74, 6) is 0.731. The molecule has 1 fully saturated rings. The van der Waals surface area contributed by atoms with Crippen LogP contribution in [0, 0.1) is 5.82 Å². The van der Waals surface area contributed by atoms with Crippen molar-refractivity contribution >= 4 is 11.0 Å². The van der Waals surface area contributed by atoms with Gasteiger partial charge in [-0.25, -0.2) is 9.37 Å². The van der Waals surface area contributed by atoms with Gasteiger partial charge in [-0.3, -0.25) is 0 Å². The lowest BCUT2D eigenvalue weighted by molar-refractivity contribution is 0.249. The lowest BCUT2D eigenvalue weighted by atomic mass is 9.94. The van der Waals surface area contributed by atoms with Gasteiger partial charge in [-0.1, -0.05) is 0 Å². The van der Waals surface area contributed by atoms with Crippen LogP contribution in [-0.4, -0.2) is 42.1 Å². The molecule has 1 unspecified atom stereocenters. The Bertz CT molecular complexity index is 905. The summed E-state index contributed by atoms with van der Waals surface area (Å²) in [4.78, 5) is 10.4. The predicted molar refractivity (Wildman–Crippen MR) is 97.5 cm³/mol. The highest BCUT2D eigenvalue weighted by Gasteiger charge is 2.22. The lowest BCUT2D eigenvalue weighted by Crippen LogP contribution is -2.30. The van der Waals surface area contributed by atoms with Crippen LogP contribution in [0.4, 0.5) is 4.39 Å². The third kappa shape index (κ3) is 3.00. The van der Waals surface area contributed by atoms with Gasteiger partial charge in [-0.05, 0) is 56.3 Å². The molecule has 1 aliphatic rings. The van der Waals surface area contributed by atoms with Gasteiger partial charge in [-0.2, -0.15) is 0 Å². The minimum Gasteiger partial charge on any atom is -0.496 e. The summed E-state index contributed by atoms with van der Waals surface area (Å²) in [7, 11) is 3.74. The van der Waals surface area contributed by atoms with Crippen molar-refractivity contribution in [1.29, 1.82) is 0 Å². The first-order valence-corrected chi connectivity index (χ1v) is 8.66. The van der Waals surface area contributed by atoms with Crippen molar-refractivity contribution in [3.8, 4) is 16.9 Å². The second kappa shape index (κ2) is 6.48. The molecule has 1 N–H and O–H groups in total. The molecule has 1 aromatic carbocycles. The Morgan fingerprint density at radius 2 is 2.12 bits per heavy atom. The number of nitrogens with one attached hydrogen (secondary N) is 1. The molecule has 25 heavy (non-hydrogen) atoms. The smallest absolute Gasteiger partial charge is 0.138 e. The number of rotatable bonds is 3. The van der Waals surface area contributed by atoms with E-state index in [1.807, 2.05) is 6.07 Å². The van der Waals surface area contributed by atoms with Crippen LogP contribution in [0.2, 0.25) is 0 Å². The summed E-state index contributed by atoms with van der Waals surface area (Å²) in [5.41, 5.74) is 3.98. The van der Waals surface area contributed by atoms with Crippen molar-refractivity contribution < 1.29 is 9.13 Å². The quantitative estimate of drug-likeness (QED) is 0.778. The van der Waals surface area contributed by atoms with Crippen molar-refractivity contribution in [2.24, 2.45) is 0 Å². The highest BCUT2D eigenvalue weighted by molar-refractivity contribution is 5.95. The third-order valence-electron chi connectivity index (χ3n) is 5.07. The summed E-state index contributed by atoms with van der Waals surface area (Å²) in [6.07, 6.45) is 4.18. The minimum absolute atomic E-state index is 0.300. The van der Waals surface area contributed by atoms with Gasteiger partial charge in [0, 0.05) is 41.4 Å². The Kier molecular flexibility index (Phi) is 4.17. The van der Waals surface area contributed by atoms with Gasteiger partial charge in [0.15, 0.2) is 0 Å². The fraction of sp³-hybridized carbons (Fsp3) is 0.350. The molecule has 0 aliphatic carbocycles. The van der Waals surface area contributed by atoms with Gasteiger partial charge in [0.1, 0.15) is 17.2 Å². The van der Waals surface area contributed by atoms with Crippen LogP contribution in [-0.2, 0) is 0 Å². The van der Waals surface area contributed by atoms with Gasteiger partial charge in [-0.15, -0.1) is 0 Å². The number of likely N-dealkylation sites (N-methyl/N-ethyl adjacent to an activating group) is 1. The van der Waals surface area contributed by atoms with Crippen molar-refractivity contribution in [1.82, 2.24) is 14.9 Å². The first-order valence-electron chi connectivity index (χ1n) is 8.66. The van der Waals surface area contributed by atoms with E-state index in [0.717, 1.165) is 35.2 Å². The molecule has 2 aromatic heterocycles. The van der Waals surface area contributed by atoms with E-state index in [-0.39, 0.29) is 5.82 Å². The number of piperidine rings is 1. The average Bonchev–Trinajstić information content (AvgIpc) is 3.06. The van der Waals surface area contributed by atoms with E-state index in [9.17, 15) is 4.39 Å². The van der Waals surface area contributed by atoms with E-state index < -0.39 is 0 Å². The first kappa shape index (κ1) is 16.1. The molecular formula is C20H22FN3O. The number of likely N-dealkylation sites (tertiary alicyclic amines) is 1. The number of nitrogens with zero attached hydrogens (tertiary/aromatic N) is 2. The zero-order chi connectivity index (χ0) is 17.4. The highest BCUT2D eigenvalue weighted by Crippen LogP contribution is 2.37. The molecule has 130 valence electrons. The SMILES string of the molecule is COc1cc(F)ccc1-c1ccnc2[nH]c(C3CCCN(C)C3)cc12. The maximum Gasteiger partial charge on any atom is 0.138 e. The van der Waals surface area contributed by atoms with Crippen molar-refractivity contribution in [3.63, 3.8) is 0 Å². The summed E-state index contributed by atoms with van der Waals surface area (Å²) < 4.78 is 18.9. The molecule has 3 aromatic rings. The second-order valence-corrected chi connectivity index (χ2v) is 6.79. The van der Waals surface area contributed by atoms with Crippen LogP contribution in [0.3, 0.4) is 0 Å². The molecule has 0 radical (unpaired) electrons. The van der Waals surface area contributed by atoms with Crippen LogP contribution < -0.4 is 4.74 Å². The standard InChI is InChI=1S/C20H22FN3O/c1-24-9-3-4-13(12-24)18-11-17-15(7-8-22-20(17)23-18)16-6-5-14(21)10-19(16)25-2/h5-8,10-11,13H,3-4,9,12H2,1-2H3,(H,22,23).